The Morgan fingerprint density at radius 3 is 2.55 bits per heavy atom. The van der Waals surface area contributed by atoms with Crippen molar-refractivity contribution in [2.45, 2.75) is 31.9 Å². The SMILES string of the molecule is C=CCCOC(C)C(=O)NC(C)(C(=O)O)c1ccc(F)cc1. The van der Waals surface area contributed by atoms with Crippen LogP contribution in [0.4, 0.5) is 4.39 Å². The number of hydrogen-bond donors (Lipinski definition) is 2. The van der Waals surface area contributed by atoms with E-state index in [0.29, 0.717) is 13.0 Å². The molecule has 0 saturated heterocycles. The average Bonchev–Trinajstić information content (AvgIpc) is 2.47. The molecule has 0 aliphatic heterocycles. The van der Waals surface area contributed by atoms with E-state index in [1.807, 2.05) is 0 Å². The summed E-state index contributed by atoms with van der Waals surface area (Å²) in [5, 5.41) is 11.9. The van der Waals surface area contributed by atoms with Crippen molar-refractivity contribution in [3.63, 3.8) is 0 Å². The van der Waals surface area contributed by atoms with Crippen molar-refractivity contribution in [2.75, 3.05) is 6.61 Å². The number of nitrogens with one attached hydrogen (secondary N) is 1. The monoisotopic (exact) mass is 309 g/mol. The molecular weight excluding hydrogens is 289 g/mol. The highest BCUT2D eigenvalue weighted by Gasteiger charge is 2.38. The van der Waals surface area contributed by atoms with Gasteiger partial charge in [0.1, 0.15) is 11.9 Å². The summed E-state index contributed by atoms with van der Waals surface area (Å²) in [4.78, 5) is 23.7. The first-order valence-electron chi connectivity index (χ1n) is 6.85. The standard InChI is InChI=1S/C16H20FNO4/c1-4-5-10-22-11(2)14(19)18-16(3,15(20)21)12-6-8-13(17)9-7-12/h4,6-9,11H,1,5,10H2,2-3H3,(H,18,19)(H,20,21). The van der Waals surface area contributed by atoms with Crippen molar-refractivity contribution < 1.29 is 23.8 Å². The van der Waals surface area contributed by atoms with Crippen molar-refractivity contribution in [3.8, 4) is 0 Å². The molecule has 0 aliphatic rings. The third-order valence-corrected chi connectivity index (χ3v) is 3.28. The molecule has 1 amide bonds. The lowest BCUT2D eigenvalue weighted by atomic mass is 9.91. The molecule has 0 radical (unpaired) electrons. The molecular formula is C16H20FNO4. The fourth-order valence-electron chi connectivity index (χ4n) is 1.78. The summed E-state index contributed by atoms with van der Waals surface area (Å²) in [7, 11) is 0. The average molecular weight is 309 g/mol. The second-order valence-electron chi connectivity index (χ2n) is 5.02. The zero-order chi connectivity index (χ0) is 16.8. The highest BCUT2D eigenvalue weighted by atomic mass is 19.1. The number of carbonyl (C=O) groups excluding carboxylic acids is 1. The molecule has 0 fully saturated rings. The van der Waals surface area contributed by atoms with Crippen molar-refractivity contribution >= 4 is 11.9 Å². The molecule has 2 atom stereocenters. The molecule has 0 heterocycles. The van der Waals surface area contributed by atoms with E-state index < -0.39 is 29.3 Å². The van der Waals surface area contributed by atoms with E-state index in [-0.39, 0.29) is 5.56 Å². The molecule has 6 heteroatoms. The summed E-state index contributed by atoms with van der Waals surface area (Å²) < 4.78 is 18.3. The van der Waals surface area contributed by atoms with Crippen LogP contribution >= 0.6 is 0 Å². The molecule has 0 bridgehead atoms. The normalized spacial score (nSPS) is 14.7. The van der Waals surface area contributed by atoms with Crippen LogP contribution in [-0.2, 0) is 19.9 Å². The molecule has 0 aromatic heterocycles. The molecule has 0 spiro atoms. The van der Waals surface area contributed by atoms with Gasteiger partial charge in [-0.05, 0) is 38.0 Å². The highest BCUT2D eigenvalue weighted by molar-refractivity contribution is 5.89. The van der Waals surface area contributed by atoms with Crippen molar-refractivity contribution in [1.29, 1.82) is 0 Å². The van der Waals surface area contributed by atoms with Gasteiger partial charge in [-0.25, -0.2) is 9.18 Å². The van der Waals surface area contributed by atoms with Crippen molar-refractivity contribution in [3.05, 3.63) is 48.3 Å². The number of carbonyl (C=O) groups is 2. The third kappa shape index (κ3) is 4.39. The van der Waals surface area contributed by atoms with Gasteiger partial charge in [0.05, 0.1) is 6.61 Å². The Labute approximate surface area is 128 Å². The molecule has 1 aromatic carbocycles. The van der Waals surface area contributed by atoms with E-state index in [2.05, 4.69) is 11.9 Å². The van der Waals surface area contributed by atoms with Gasteiger partial charge in [-0.2, -0.15) is 0 Å². The van der Waals surface area contributed by atoms with Crippen LogP contribution in [0.3, 0.4) is 0 Å². The second-order valence-corrected chi connectivity index (χ2v) is 5.02. The van der Waals surface area contributed by atoms with E-state index in [9.17, 15) is 19.1 Å². The van der Waals surface area contributed by atoms with Crippen molar-refractivity contribution in [1.82, 2.24) is 5.32 Å². The van der Waals surface area contributed by atoms with E-state index in [1.54, 1.807) is 6.08 Å². The Balaban J connectivity index is 2.87. The fraction of sp³-hybridized carbons (Fsp3) is 0.375. The molecule has 22 heavy (non-hydrogen) atoms. The van der Waals surface area contributed by atoms with Gasteiger partial charge in [-0.15, -0.1) is 6.58 Å². The number of ether oxygens (including phenoxy) is 1. The van der Waals surface area contributed by atoms with Gasteiger partial charge in [-0.3, -0.25) is 4.79 Å². The lowest BCUT2D eigenvalue weighted by molar-refractivity contribution is -0.149. The van der Waals surface area contributed by atoms with Gasteiger partial charge in [0, 0.05) is 0 Å². The van der Waals surface area contributed by atoms with Crippen LogP contribution in [0.5, 0.6) is 0 Å². The lowest BCUT2D eigenvalue weighted by Crippen LogP contribution is -2.52. The van der Waals surface area contributed by atoms with Gasteiger partial charge >= 0.3 is 5.97 Å². The molecule has 0 aliphatic carbocycles. The van der Waals surface area contributed by atoms with Gasteiger partial charge in [0.2, 0.25) is 5.91 Å². The number of halogens is 1. The summed E-state index contributed by atoms with van der Waals surface area (Å²) in [6.07, 6.45) is 1.44. The Kier molecular flexibility index (Phi) is 6.24. The summed E-state index contributed by atoms with van der Waals surface area (Å²) in [6.45, 7) is 6.74. The fourth-order valence-corrected chi connectivity index (χ4v) is 1.78. The summed E-state index contributed by atoms with van der Waals surface area (Å²) in [5.41, 5.74) is -1.39. The topological polar surface area (TPSA) is 75.6 Å². The predicted molar refractivity (Wildman–Crippen MR) is 79.8 cm³/mol. The Morgan fingerprint density at radius 1 is 1.45 bits per heavy atom. The minimum Gasteiger partial charge on any atom is -0.479 e. The summed E-state index contributed by atoms with van der Waals surface area (Å²) >= 11 is 0. The minimum absolute atomic E-state index is 0.271. The zero-order valence-corrected chi connectivity index (χ0v) is 12.6. The minimum atomic E-state index is -1.67. The smallest absolute Gasteiger partial charge is 0.333 e. The first-order valence-corrected chi connectivity index (χ1v) is 6.85. The van der Waals surface area contributed by atoms with Crippen molar-refractivity contribution in [2.24, 2.45) is 0 Å². The molecule has 1 rings (SSSR count). The van der Waals surface area contributed by atoms with Gasteiger partial charge in [0.15, 0.2) is 5.54 Å². The first-order chi connectivity index (χ1) is 10.3. The van der Waals surface area contributed by atoms with E-state index >= 15 is 0 Å². The van der Waals surface area contributed by atoms with Crippen LogP contribution < -0.4 is 5.32 Å². The number of hydrogen-bond acceptors (Lipinski definition) is 3. The maximum atomic E-state index is 13.0. The van der Waals surface area contributed by atoms with Crippen LogP contribution in [0.1, 0.15) is 25.8 Å². The first kappa shape index (κ1) is 17.8. The van der Waals surface area contributed by atoms with Crippen LogP contribution in [-0.4, -0.2) is 29.7 Å². The van der Waals surface area contributed by atoms with Gasteiger partial charge in [-0.1, -0.05) is 18.2 Å². The number of carboxylic acids is 1. The lowest BCUT2D eigenvalue weighted by Gasteiger charge is -2.28. The van der Waals surface area contributed by atoms with E-state index in [0.717, 1.165) is 12.1 Å². The maximum absolute atomic E-state index is 13.0. The molecule has 2 unspecified atom stereocenters. The number of benzene rings is 1. The van der Waals surface area contributed by atoms with Crippen LogP contribution in [0.2, 0.25) is 0 Å². The van der Waals surface area contributed by atoms with E-state index in [4.69, 9.17) is 4.74 Å². The second kappa shape index (κ2) is 7.70. The zero-order valence-electron chi connectivity index (χ0n) is 12.6. The van der Waals surface area contributed by atoms with E-state index in [1.165, 1.54) is 26.0 Å². The number of rotatable bonds is 8. The number of carboxylic acid groups (broad SMARTS) is 1. The number of aliphatic carboxylic acids is 1. The summed E-state index contributed by atoms with van der Waals surface area (Å²) in [5.74, 6) is -2.28. The molecule has 1 aromatic rings. The third-order valence-electron chi connectivity index (χ3n) is 3.28. The number of amides is 1. The van der Waals surface area contributed by atoms with Gasteiger partial charge < -0.3 is 15.2 Å². The largest absolute Gasteiger partial charge is 0.479 e. The molecule has 2 N–H and O–H groups in total. The molecule has 0 saturated carbocycles. The Hall–Kier alpha value is -2.21. The molecule has 120 valence electrons. The summed E-state index contributed by atoms with van der Waals surface area (Å²) in [6, 6.07) is 4.94. The van der Waals surface area contributed by atoms with Crippen LogP contribution in [0.15, 0.2) is 36.9 Å². The maximum Gasteiger partial charge on any atom is 0.333 e. The Morgan fingerprint density at radius 2 is 2.05 bits per heavy atom. The quantitative estimate of drug-likeness (QED) is 0.570. The van der Waals surface area contributed by atoms with Gasteiger partial charge in [0.25, 0.3) is 0 Å². The van der Waals surface area contributed by atoms with Crippen LogP contribution in [0.25, 0.3) is 0 Å². The van der Waals surface area contributed by atoms with Crippen LogP contribution in [0, 0.1) is 5.82 Å². The predicted octanol–water partition coefficient (Wildman–Crippen LogP) is 2.22. The Bertz CT molecular complexity index is 544. The highest BCUT2D eigenvalue weighted by Crippen LogP contribution is 2.22. The molecule has 5 nitrogen and oxygen atoms in total.